The Labute approximate surface area is 128 Å². The molecule has 0 aliphatic rings. The van der Waals surface area contributed by atoms with Gasteiger partial charge in [-0.3, -0.25) is 14.6 Å². The molecule has 0 radical (unpaired) electrons. The van der Waals surface area contributed by atoms with Crippen LogP contribution in [0.5, 0.6) is 0 Å². The summed E-state index contributed by atoms with van der Waals surface area (Å²) in [4.78, 5) is 28.3. The van der Waals surface area contributed by atoms with E-state index in [1.165, 1.54) is 6.26 Å². The number of nitrogens with zero attached hydrogens (tertiary/aromatic N) is 1. The van der Waals surface area contributed by atoms with Gasteiger partial charge in [-0.25, -0.2) is 0 Å². The molecule has 116 valence electrons. The SMILES string of the molecule is CC(C)[C@H](NC(=O)c1ccco1)C(=O)NCc1cccnc1. The largest absolute Gasteiger partial charge is 0.459 e. The lowest BCUT2D eigenvalue weighted by molar-refractivity contribution is -0.124. The van der Waals surface area contributed by atoms with Gasteiger partial charge >= 0.3 is 0 Å². The van der Waals surface area contributed by atoms with E-state index in [4.69, 9.17) is 4.42 Å². The van der Waals surface area contributed by atoms with Crippen molar-refractivity contribution in [1.29, 1.82) is 0 Å². The normalized spacial score (nSPS) is 12.0. The third-order valence-corrected chi connectivity index (χ3v) is 3.17. The Kier molecular flexibility index (Phi) is 5.30. The Morgan fingerprint density at radius 1 is 1.27 bits per heavy atom. The van der Waals surface area contributed by atoms with E-state index in [2.05, 4.69) is 15.6 Å². The molecular formula is C16H19N3O3. The minimum atomic E-state index is -0.630. The molecule has 0 unspecified atom stereocenters. The highest BCUT2D eigenvalue weighted by molar-refractivity contribution is 5.95. The second-order valence-corrected chi connectivity index (χ2v) is 5.25. The molecule has 22 heavy (non-hydrogen) atoms. The molecule has 2 amide bonds. The number of carbonyl (C=O) groups excluding carboxylic acids is 2. The van der Waals surface area contributed by atoms with E-state index in [0.717, 1.165) is 5.56 Å². The quantitative estimate of drug-likeness (QED) is 0.851. The molecular weight excluding hydrogens is 282 g/mol. The van der Waals surface area contributed by atoms with Gasteiger partial charge in [-0.2, -0.15) is 0 Å². The molecule has 0 saturated heterocycles. The maximum atomic E-state index is 12.3. The molecule has 0 saturated carbocycles. The van der Waals surface area contributed by atoms with E-state index in [1.807, 2.05) is 19.9 Å². The molecule has 2 aromatic heterocycles. The summed E-state index contributed by atoms with van der Waals surface area (Å²) in [6, 6.07) is 6.23. The summed E-state index contributed by atoms with van der Waals surface area (Å²) in [5, 5.41) is 5.50. The molecule has 0 aliphatic carbocycles. The molecule has 2 heterocycles. The number of carbonyl (C=O) groups is 2. The Bertz CT molecular complexity index is 609. The van der Waals surface area contributed by atoms with Gasteiger partial charge < -0.3 is 15.1 Å². The monoisotopic (exact) mass is 301 g/mol. The van der Waals surface area contributed by atoms with Crippen LogP contribution in [-0.2, 0) is 11.3 Å². The third kappa shape index (κ3) is 4.18. The van der Waals surface area contributed by atoms with Crippen LogP contribution in [0.15, 0.2) is 47.3 Å². The van der Waals surface area contributed by atoms with E-state index in [9.17, 15) is 9.59 Å². The summed E-state index contributed by atoms with van der Waals surface area (Å²) in [7, 11) is 0. The van der Waals surface area contributed by atoms with Crippen molar-refractivity contribution >= 4 is 11.8 Å². The highest BCUT2D eigenvalue weighted by Crippen LogP contribution is 2.06. The molecule has 6 nitrogen and oxygen atoms in total. The average molecular weight is 301 g/mol. The first-order valence-corrected chi connectivity index (χ1v) is 7.09. The second kappa shape index (κ2) is 7.40. The summed E-state index contributed by atoms with van der Waals surface area (Å²) in [6.07, 6.45) is 4.78. The fourth-order valence-corrected chi connectivity index (χ4v) is 1.96. The van der Waals surface area contributed by atoms with Gasteiger partial charge in [-0.05, 0) is 29.7 Å². The minimum Gasteiger partial charge on any atom is -0.459 e. The van der Waals surface area contributed by atoms with Gasteiger partial charge in [-0.1, -0.05) is 19.9 Å². The Morgan fingerprint density at radius 3 is 2.68 bits per heavy atom. The van der Waals surface area contributed by atoms with Crippen LogP contribution in [0.1, 0.15) is 30.0 Å². The highest BCUT2D eigenvalue weighted by atomic mass is 16.3. The summed E-state index contributed by atoms with van der Waals surface area (Å²) in [5.41, 5.74) is 0.899. The maximum absolute atomic E-state index is 12.3. The molecule has 0 bridgehead atoms. The lowest BCUT2D eigenvalue weighted by Gasteiger charge is -2.21. The number of amides is 2. The molecule has 6 heteroatoms. The number of hydrogen-bond acceptors (Lipinski definition) is 4. The number of pyridine rings is 1. The Morgan fingerprint density at radius 2 is 2.09 bits per heavy atom. The van der Waals surface area contributed by atoms with Crippen LogP contribution in [0, 0.1) is 5.92 Å². The van der Waals surface area contributed by atoms with Gasteiger partial charge in [0.1, 0.15) is 6.04 Å². The molecule has 2 rings (SSSR count). The van der Waals surface area contributed by atoms with E-state index >= 15 is 0 Å². The van der Waals surface area contributed by atoms with Crippen LogP contribution >= 0.6 is 0 Å². The van der Waals surface area contributed by atoms with Gasteiger partial charge in [0, 0.05) is 18.9 Å². The zero-order chi connectivity index (χ0) is 15.9. The van der Waals surface area contributed by atoms with Crippen molar-refractivity contribution in [3.8, 4) is 0 Å². The van der Waals surface area contributed by atoms with Crippen molar-refractivity contribution < 1.29 is 14.0 Å². The molecule has 1 atom stereocenters. The molecule has 2 aromatic rings. The van der Waals surface area contributed by atoms with Gasteiger partial charge in [0.15, 0.2) is 5.76 Å². The topological polar surface area (TPSA) is 84.2 Å². The smallest absolute Gasteiger partial charge is 0.287 e. The predicted molar refractivity (Wildman–Crippen MR) is 80.9 cm³/mol. The first-order valence-electron chi connectivity index (χ1n) is 7.09. The van der Waals surface area contributed by atoms with Crippen molar-refractivity contribution in [2.75, 3.05) is 0 Å². The lowest BCUT2D eigenvalue weighted by atomic mass is 10.0. The van der Waals surface area contributed by atoms with Crippen LogP contribution in [-0.4, -0.2) is 22.8 Å². The average Bonchev–Trinajstić information content (AvgIpc) is 3.05. The van der Waals surface area contributed by atoms with Crippen molar-refractivity contribution in [3.63, 3.8) is 0 Å². The maximum Gasteiger partial charge on any atom is 0.287 e. The molecule has 2 N–H and O–H groups in total. The molecule has 0 spiro atoms. The fraction of sp³-hybridized carbons (Fsp3) is 0.312. The highest BCUT2D eigenvalue weighted by Gasteiger charge is 2.25. The summed E-state index contributed by atoms with van der Waals surface area (Å²) < 4.78 is 5.03. The predicted octanol–water partition coefficient (Wildman–Crippen LogP) is 1.75. The summed E-state index contributed by atoms with van der Waals surface area (Å²) in [6.45, 7) is 4.11. The van der Waals surface area contributed by atoms with E-state index in [0.29, 0.717) is 6.54 Å². The summed E-state index contributed by atoms with van der Waals surface area (Å²) >= 11 is 0. The first-order chi connectivity index (χ1) is 10.6. The Hall–Kier alpha value is -2.63. The number of aromatic nitrogens is 1. The molecule has 0 fully saturated rings. The number of rotatable bonds is 6. The van der Waals surface area contributed by atoms with Crippen LogP contribution in [0.2, 0.25) is 0 Å². The van der Waals surface area contributed by atoms with Crippen LogP contribution in [0.3, 0.4) is 0 Å². The Balaban J connectivity index is 1.95. The van der Waals surface area contributed by atoms with E-state index < -0.39 is 11.9 Å². The van der Waals surface area contributed by atoms with E-state index in [1.54, 1.807) is 30.6 Å². The van der Waals surface area contributed by atoms with Crippen molar-refractivity contribution in [1.82, 2.24) is 15.6 Å². The van der Waals surface area contributed by atoms with Crippen LogP contribution in [0.4, 0.5) is 0 Å². The summed E-state index contributed by atoms with van der Waals surface area (Å²) in [5.74, 6) is -0.502. The van der Waals surface area contributed by atoms with Gasteiger partial charge in [0.25, 0.3) is 5.91 Å². The number of nitrogens with one attached hydrogen (secondary N) is 2. The minimum absolute atomic E-state index is 0.0483. The number of hydrogen-bond donors (Lipinski definition) is 2. The van der Waals surface area contributed by atoms with Crippen molar-refractivity contribution in [2.45, 2.75) is 26.4 Å². The molecule has 0 aliphatic heterocycles. The zero-order valence-electron chi connectivity index (χ0n) is 12.6. The molecule has 0 aromatic carbocycles. The first kappa shape index (κ1) is 15.8. The zero-order valence-corrected chi connectivity index (χ0v) is 12.6. The van der Waals surface area contributed by atoms with Gasteiger partial charge in [-0.15, -0.1) is 0 Å². The van der Waals surface area contributed by atoms with Crippen molar-refractivity contribution in [2.24, 2.45) is 5.92 Å². The van der Waals surface area contributed by atoms with Crippen LogP contribution < -0.4 is 10.6 Å². The standard InChI is InChI=1S/C16H19N3O3/c1-11(2)14(19-15(20)13-6-4-8-22-13)16(21)18-10-12-5-3-7-17-9-12/h3-9,11,14H,10H2,1-2H3,(H,18,21)(H,19,20)/t14-/m0/s1. The second-order valence-electron chi connectivity index (χ2n) is 5.25. The fourth-order valence-electron chi connectivity index (χ4n) is 1.96. The van der Waals surface area contributed by atoms with Crippen LogP contribution in [0.25, 0.3) is 0 Å². The van der Waals surface area contributed by atoms with E-state index in [-0.39, 0.29) is 17.6 Å². The van der Waals surface area contributed by atoms with Gasteiger partial charge in [0.2, 0.25) is 5.91 Å². The van der Waals surface area contributed by atoms with Crippen molar-refractivity contribution in [3.05, 3.63) is 54.2 Å². The number of furan rings is 1. The third-order valence-electron chi connectivity index (χ3n) is 3.17. The van der Waals surface area contributed by atoms with Gasteiger partial charge in [0.05, 0.1) is 6.26 Å². The lowest BCUT2D eigenvalue weighted by Crippen LogP contribution is -2.49.